The van der Waals surface area contributed by atoms with Gasteiger partial charge in [-0.15, -0.1) is 0 Å². The van der Waals surface area contributed by atoms with Gasteiger partial charge in [0.05, 0.1) is 18.2 Å². The van der Waals surface area contributed by atoms with Crippen molar-refractivity contribution in [2.45, 2.75) is 13.5 Å². The van der Waals surface area contributed by atoms with Gasteiger partial charge in [0.15, 0.2) is 11.5 Å². The third-order valence-corrected chi connectivity index (χ3v) is 3.02. The minimum absolute atomic E-state index is 0.241. The van der Waals surface area contributed by atoms with Crippen molar-refractivity contribution < 1.29 is 19.0 Å². The van der Waals surface area contributed by atoms with Crippen LogP contribution < -0.4 is 20.5 Å². The van der Waals surface area contributed by atoms with E-state index in [4.69, 9.17) is 15.2 Å². The number of rotatable bonds is 8. The highest BCUT2D eigenvalue weighted by Gasteiger charge is 2.11. The van der Waals surface area contributed by atoms with Gasteiger partial charge in [0, 0.05) is 13.1 Å². The maximum absolute atomic E-state index is 10.4. The van der Waals surface area contributed by atoms with E-state index in [9.17, 15) is 4.79 Å². The fourth-order valence-electron chi connectivity index (χ4n) is 1.62. The number of nitrogens with two attached hydrogens (primary N) is 1. The summed E-state index contributed by atoms with van der Waals surface area (Å²) in [6.07, 6.45) is -0.766. The Labute approximate surface area is 126 Å². The molecule has 0 spiro atoms. The predicted molar refractivity (Wildman–Crippen MR) is 79.1 cm³/mol. The third-order valence-electron chi connectivity index (χ3n) is 2.43. The molecule has 0 aliphatic heterocycles. The molecule has 0 saturated heterocycles. The van der Waals surface area contributed by atoms with E-state index >= 15 is 0 Å². The molecule has 1 amide bonds. The van der Waals surface area contributed by atoms with Crippen LogP contribution in [-0.2, 0) is 11.3 Å². The normalized spacial score (nSPS) is 10.2. The Kier molecular flexibility index (Phi) is 7.17. The lowest BCUT2D eigenvalue weighted by Crippen LogP contribution is -2.23. The van der Waals surface area contributed by atoms with Gasteiger partial charge in [-0.1, -0.05) is 0 Å². The minimum atomic E-state index is -0.766. The number of hydrogen-bond acceptors (Lipinski definition) is 5. The van der Waals surface area contributed by atoms with Crippen molar-refractivity contribution in [1.82, 2.24) is 5.32 Å². The molecular formula is C13H19BrN2O4. The Morgan fingerprint density at radius 3 is 2.80 bits per heavy atom. The van der Waals surface area contributed by atoms with Crippen LogP contribution in [0, 0.1) is 0 Å². The zero-order chi connectivity index (χ0) is 15.0. The maximum atomic E-state index is 10.4. The number of benzene rings is 1. The van der Waals surface area contributed by atoms with Crippen molar-refractivity contribution in [3.8, 4) is 11.5 Å². The summed E-state index contributed by atoms with van der Waals surface area (Å²) in [5.41, 5.74) is 5.89. The van der Waals surface area contributed by atoms with Crippen LogP contribution in [0.5, 0.6) is 11.5 Å². The van der Waals surface area contributed by atoms with E-state index in [0.29, 0.717) is 31.2 Å². The molecule has 0 radical (unpaired) electrons. The number of halogens is 1. The molecule has 1 aromatic carbocycles. The monoisotopic (exact) mass is 346 g/mol. The second kappa shape index (κ2) is 8.65. The van der Waals surface area contributed by atoms with Crippen LogP contribution in [-0.4, -0.2) is 33.0 Å². The van der Waals surface area contributed by atoms with Crippen LogP contribution in [0.25, 0.3) is 0 Å². The molecule has 0 bridgehead atoms. The van der Waals surface area contributed by atoms with Gasteiger partial charge >= 0.3 is 6.09 Å². The van der Waals surface area contributed by atoms with Crippen molar-refractivity contribution >= 4 is 22.0 Å². The molecule has 6 nitrogen and oxygen atoms in total. The smallest absolute Gasteiger partial charge is 0.404 e. The van der Waals surface area contributed by atoms with E-state index in [1.807, 2.05) is 19.1 Å². The van der Waals surface area contributed by atoms with Crippen molar-refractivity contribution in [3.05, 3.63) is 22.2 Å². The predicted octanol–water partition coefficient (Wildman–Crippen LogP) is 2.04. The summed E-state index contributed by atoms with van der Waals surface area (Å²) in [7, 11) is 1.60. The highest BCUT2D eigenvalue weighted by atomic mass is 79.9. The molecule has 112 valence electrons. The standard InChI is InChI=1S/C13H19BrN2O4/c1-3-19-12-10(14)6-9(7-11(12)18-2)8-16-4-5-20-13(15)17/h6-7,16H,3-5,8H2,1-2H3,(H2,15,17). The number of carbonyl (C=O) groups excluding carboxylic acids is 1. The van der Waals surface area contributed by atoms with Gasteiger partial charge in [0.2, 0.25) is 0 Å². The molecule has 0 aliphatic carbocycles. The first kappa shape index (κ1) is 16.6. The summed E-state index contributed by atoms with van der Waals surface area (Å²) in [6.45, 7) is 3.86. The molecule has 0 aromatic heterocycles. The number of ether oxygens (including phenoxy) is 3. The lowest BCUT2D eigenvalue weighted by atomic mass is 10.2. The second-order valence-electron chi connectivity index (χ2n) is 3.89. The van der Waals surface area contributed by atoms with Gasteiger partial charge in [-0.3, -0.25) is 0 Å². The number of carbonyl (C=O) groups is 1. The van der Waals surface area contributed by atoms with Crippen LogP contribution in [0.3, 0.4) is 0 Å². The van der Waals surface area contributed by atoms with Crippen LogP contribution in [0.2, 0.25) is 0 Å². The van der Waals surface area contributed by atoms with Crippen molar-refractivity contribution in [2.24, 2.45) is 5.73 Å². The Morgan fingerprint density at radius 1 is 1.45 bits per heavy atom. The van der Waals surface area contributed by atoms with Gasteiger partial charge in [0.25, 0.3) is 0 Å². The molecule has 0 heterocycles. The van der Waals surface area contributed by atoms with E-state index in [2.05, 4.69) is 26.0 Å². The Morgan fingerprint density at radius 2 is 2.20 bits per heavy atom. The summed E-state index contributed by atoms with van der Waals surface area (Å²) < 4.78 is 16.3. The molecule has 0 atom stereocenters. The SMILES string of the molecule is CCOc1c(Br)cc(CNCCOC(N)=O)cc1OC. The maximum Gasteiger partial charge on any atom is 0.404 e. The van der Waals surface area contributed by atoms with E-state index in [1.54, 1.807) is 7.11 Å². The Balaban J connectivity index is 2.58. The summed E-state index contributed by atoms with van der Waals surface area (Å²) in [5.74, 6) is 1.36. The lowest BCUT2D eigenvalue weighted by Gasteiger charge is -2.13. The van der Waals surface area contributed by atoms with Gasteiger partial charge in [-0.25, -0.2) is 4.79 Å². The first-order valence-corrected chi connectivity index (χ1v) is 7.00. The highest BCUT2D eigenvalue weighted by Crippen LogP contribution is 2.36. The van der Waals surface area contributed by atoms with Crippen LogP contribution in [0.15, 0.2) is 16.6 Å². The molecule has 3 N–H and O–H groups in total. The molecule has 1 rings (SSSR count). The zero-order valence-corrected chi connectivity index (χ0v) is 13.2. The molecular weight excluding hydrogens is 328 g/mol. The molecule has 0 aliphatic rings. The first-order chi connectivity index (χ1) is 9.58. The third kappa shape index (κ3) is 5.26. The Bertz CT molecular complexity index is 454. The molecule has 0 unspecified atom stereocenters. The van der Waals surface area contributed by atoms with Gasteiger partial charge in [-0.2, -0.15) is 0 Å². The molecule has 0 saturated carbocycles. The summed E-state index contributed by atoms with van der Waals surface area (Å²) >= 11 is 3.46. The summed E-state index contributed by atoms with van der Waals surface area (Å²) in [6, 6.07) is 3.85. The number of hydrogen-bond donors (Lipinski definition) is 2. The fourth-order valence-corrected chi connectivity index (χ4v) is 2.22. The summed E-state index contributed by atoms with van der Waals surface area (Å²) in [5, 5.41) is 3.14. The van der Waals surface area contributed by atoms with Crippen LogP contribution in [0.4, 0.5) is 4.79 Å². The first-order valence-electron chi connectivity index (χ1n) is 6.20. The van der Waals surface area contributed by atoms with E-state index in [-0.39, 0.29) is 6.61 Å². The summed E-state index contributed by atoms with van der Waals surface area (Å²) in [4.78, 5) is 10.4. The van der Waals surface area contributed by atoms with E-state index in [1.165, 1.54) is 0 Å². The topological polar surface area (TPSA) is 82.8 Å². The minimum Gasteiger partial charge on any atom is -0.493 e. The number of amides is 1. The number of methoxy groups -OCH3 is 1. The molecule has 7 heteroatoms. The van der Waals surface area contributed by atoms with Crippen LogP contribution in [0.1, 0.15) is 12.5 Å². The van der Waals surface area contributed by atoms with E-state index in [0.717, 1.165) is 10.0 Å². The van der Waals surface area contributed by atoms with Gasteiger partial charge in [-0.05, 0) is 40.5 Å². The van der Waals surface area contributed by atoms with Crippen molar-refractivity contribution in [2.75, 3.05) is 26.9 Å². The van der Waals surface area contributed by atoms with Gasteiger partial charge < -0.3 is 25.3 Å². The average Bonchev–Trinajstić information content (AvgIpc) is 2.40. The Hall–Kier alpha value is -1.47. The molecule has 0 fully saturated rings. The average molecular weight is 347 g/mol. The van der Waals surface area contributed by atoms with Crippen molar-refractivity contribution in [3.63, 3.8) is 0 Å². The van der Waals surface area contributed by atoms with Gasteiger partial charge in [0.1, 0.15) is 6.61 Å². The number of primary amides is 1. The lowest BCUT2D eigenvalue weighted by molar-refractivity contribution is 0.157. The second-order valence-corrected chi connectivity index (χ2v) is 4.74. The molecule has 20 heavy (non-hydrogen) atoms. The van der Waals surface area contributed by atoms with Crippen LogP contribution >= 0.6 is 15.9 Å². The number of nitrogens with one attached hydrogen (secondary N) is 1. The fraction of sp³-hybridized carbons (Fsp3) is 0.462. The zero-order valence-electron chi connectivity index (χ0n) is 11.6. The van der Waals surface area contributed by atoms with Crippen molar-refractivity contribution in [1.29, 1.82) is 0 Å². The quantitative estimate of drug-likeness (QED) is 0.704. The van der Waals surface area contributed by atoms with E-state index < -0.39 is 6.09 Å². The largest absolute Gasteiger partial charge is 0.493 e. The highest BCUT2D eigenvalue weighted by molar-refractivity contribution is 9.10. The molecule has 1 aromatic rings.